The molecule has 0 aromatic heterocycles. The maximum absolute atomic E-state index is 3.68. The van der Waals surface area contributed by atoms with Gasteiger partial charge in [0, 0.05) is 0 Å². The molecule has 2 radical (unpaired) electrons. The van der Waals surface area contributed by atoms with Crippen LogP contribution in [0.5, 0.6) is 0 Å². The fourth-order valence-electron chi connectivity index (χ4n) is 3.60. The molecule has 0 N–H and O–H groups in total. The van der Waals surface area contributed by atoms with Gasteiger partial charge in [-0.25, -0.2) is 0 Å². The van der Waals surface area contributed by atoms with Gasteiger partial charge in [-0.15, -0.1) is 0 Å². The highest BCUT2D eigenvalue weighted by atomic mass is 14.1. The molecule has 0 bridgehead atoms. The Bertz CT molecular complexity index is 545. The van der Waals surface area contributed by atoms with Crippen LogP contribution < -0.4 is 0 Å². The van der Waals surface area contributed by atoms with Crippen molar-refractivity contribution in [3.8, 4) is 0 Å². The van der Waals surface area contributed by atoms with E-state index in [0.29, 0.717) is 0 Å². The summed E-state index contributed by atoms with van der Waals surface area (Å²) in [5.41, 5.74) is 8.36. The highest BCUT2D eigenvalue weighted by Crippen LogP contribution is 2.19. The lowest BCUT2D eigenvalue weighted by Gasteiger charge is -2.11. The number of hydrogen-bond acceptors (Lipinski definition) is 0. The van der Waals surface area contributed by atoms with Crippen LogP contribution in [0.1, 0.15) is 86.8 Å². The third kappa shape index (κ3) is 6.34. The summed E-state index contributed by atoms with van der Waals surface area (Å²) in [5, 5.41) is 0. The van der Waals surface area contributed by atoms with Crippen molar-refractivity contribution in [2.45, 2.75) is 85.5 Å². The molecule has 2 rings (SSSR count). The van der Waals surface area contributed by atoms with Crippen LogP contribution in [0.15, 0.2) is 24.3 Å². The van der Waals surface area contributed by atoms with Crippen LogP contribution in [0.4, 0.5) is 0 Å². The molecule has 0 spiro atoms. The van der Waals surface area contributed by atoms with E-state index < -0.39 is 0 Å². The summed E-state index contributed by atoms with van der Waals surface area (Å²) in [7, 11) is 0. The van der Waals surface area contributed by atoms with Gasteiger partial charge in [-0.1, -0.05) is 77.6 Å². The summed E-state index contributed by atoms with van der Waals surface area (Å²) in [6, 6.07) is 16.8. The topological polar surface area (TPSA) is 0 Å². The first-order chi connectivity index (χ1) is 12.2. The van der Waals surface area contributed by atoms with E-state index >= 15 is 0 Å². The summed E-state index contributed by atoms with van der Waals surface area (Å²) in [5.74, 6) is 0. The first-order valence-corrected chi connectivity index (χ1v) is 10.3. The molecular formula is C25H34. The molecule has 0 aliphatic rings. The SMILES string of the molecule is CCCc1[c]c(Cc2[c]c(CCC)cc(CCC)c2)cc(CCC)c1. The molecule has 0 heteroatoms. The number of benzene rings is 2. The molecule has 2 aromatic carbocycles. The van der Waals surface area contributed by atoms with Gasteiger partial charge in [0.25, 0.3) is 0 Å². The monoisotopic (exact) mass is 334 g/mol. The first kappa shape index (κ1) is 19.8. The molecule has 0 aliphatic heterocycles. The lowest BCUT2D eigenvalue weighted by atomic mass is 9.93. The third-order valence-corrected chi connectivity index (χ3v) is 4.58. The zero-order valence-corrected chi connectivity index (χ0v) is 16.7. The van der Waals surface area contributed by atoms with Crippen LogP contribution in [-0.2, 0) is 32.1 Å². The lowest BCUT2D eigenvalue weighted by Crippen LogP contribution is -1.99. The van der Waals surface area contributed by atoms with E-state index in [1.807, 2.05) is 0 Å². The van der Waals surface area contributed by atoms with Crippen molar-refractivity contribution in [3.63, 3.8) is 0 Å². The molecule has 0 saturated carbocycles. The summed E-state index contributed by atoms with van der Waals surface area (Å²) < 4.78 is 0. The maximum Gasteiger partial charge on any atom is -0.00130 e. The molecule has 0 nitrogen and oxygen atoms in total. The second-order valence-electron chi connectivity index (χ2n) is 7.25. The Morgan fingerprint density at radius 2 is 0.880 bits per heavy atom. The normalized spacial score (nSPS) is 11.0. The van der Waals surface area contributed by atoms with Gasteiger partial charge in [0.15, 0.2) is 0 Å². The summed E-state index contributed by atoms with van der Waals surface area (Å²) in [4.78, 5) is 0. The van der Waals surface area contributed by atoms with E-state index in [0.717, 1.165) is 19.3 Å². The molecule has 0 saturated heterocycles. The second-order valence-corrected chi connectivity index (χ2v) is 7.25. The fourth-order valence-corrected chi connectivity index (χ4v) is 3.60. The van der Waals surface area contributed by atoms with Gasteiger partial charge in [0.2, 0.25) is 0 Å². The Hall–Kier alpha value is -1.56. The minimum Gasteiger partial charge on any atom is -0.0651 e. The predicted octanol–water partition coefficient (Wildman–Crippen LogP) is 6.69. The van der Waals surface area contributed by atoms with Gasteiger partial charge in [-0.3, -0.25) is 0 Å². The zero-order chi connectivity index (χ0) is 18.1. The smallest absolute Gasteiger partial charge is 0.00130 e. The van der Waals surface area contributed by atoms with Crippen molar-refractivity contribution < 1.29 is 0 Å². The van der Waals surface area contributed by atoms with Crippen molar-refractivity contribution in [1.82, 2.24) is 0 Å². The molecule has 0 fully saturated rings. The van der Waals surface area contributed by atoms with Gasteiger partial charge in [0.05, 0.1) is 0 Å². The first-order valence-electron chi connectivity index (χ1n) is 10.3. The number of aryl methyl sites for hydroxylation is 4. The second kappa shape index (κ2) is 10.4. The Kier molecular flexibility index (Phi) is 8.25. The number of rotatable bonds is 10. The van der Waals surface area contributed by atoms with Gasteiger partial charge < -0.3 is 0 Å². The van der Waals surface area contributed by atoms with Gasteiger partial charge >= 0.3 is 0 Å². The predicted molar refractivity (Wildman–Crippen MR) is 109 cm³/mol. The highest BCUT2D eigenvalue weighted by molar-refractivity contribution is 5.36. The standard InChI is InChI=1S/C25H34/c1-5-9-20-13-21(10-6-2)16-24(15-20)19-25-17-22(11-7-3)14-23(18-25)12-8-4/h13-15,17H,5-12,19H2,1-4H3. The van der Waals surface area contributed by atoms with Crippen LogP contribution in [0.25, 0.3) is 0 Å². The highest BCUT2D eigenvalue weighted by Gasteiger charge is 2.06. The van der Waals surface area contributed by atoms with Gasteiger partial charge in [0.1, 0.15) is 0 Å². The van der Waals surface area contributed by atoms with E-state index in [1.54, 1.807) is 0 Å². The minimum absolute atomic E-state index is 0.961. The molecule has 0 atom stereocenters. The van der Waals surface area contributed by atoms with E-state index in [4.69, 9.17) is 0 Å². The van der Waals surface area contributed by atoms with Crippen molar-refractivity contribution in [2.24, 2.45) is 0 Å². The van der Waals surface area contributed by atoms with Crippen molar-refractivity contribution >= 4 is 0 Å². The van der Waals surface area contributed by atoms with E-state index in [2.05, 4.69) is 64.1 Å². The van der Waals surface area contributed by atoms with Gasteiger partial charge in [-0.2, -0.15) is 0 Å². The lowest BCUT2D eigenvalue weighted by molar-refractivity contribution is 0.882. The Morgan fingerprint density at radius 3 is 1.24 bits per heavy atom. The summed E-state index contributed by atoms with van der Waals surface area (Å²) >= 11 is 0. The van der Waals surface area contributed by atoms with E-state index in [9.17, 15) is 0 Å². The fraction of sp³-hybridized carbons (Fsp3) is 0.520. The van der Waals surface area contributed by atoms with Crippen LogP contribution in [0.2, 0.25) is 0 Å². The molecule has 0 aliphatic carbocycles. The Labute approximate surface area is 155 Å². The van der Waals surface area contributed by atoms with E-state index in [1.165, 1.54) is 71.9 Å². The minimum atomic E-state index is 0.961. The Balaban J connectivity index is 2.30. The van der Waals surface area contributed by atoms with Crippen LogP contribution in [0, 0.1) is 12.1 Å². The van der Waals surface area contributed by atoms with Crippen molar-refractivity contribution in [2.75, 3.05) is 0 Å². The average molecular weight is 335 g/mol. The molecular weight excluding hydrogens is 300 g/mol. The van der Waals surface area contributed by atoms with Crippen LogP contribution in [-0.4, -0.2) is 0 Å². The van der Waals surface area contributed by atoms with Crippen LogP contribution >= 0.6 is 0 Å². The molecule has 2 aromatic rings. The average Bonchev–Trinajstić information content (AvgIpc) is 2.55. The molecule has 134 valence electrons. The quantitative estimate of drug-likeness (QED) is 0.454. The summed E-state index contributed by atoms with van der Waals surface area (Å²) in [6.45, 7) is 9.02. The molecule has 0 unspecified atom stereocenters. The largest absolute Gasteiger partial charge is 0.0651 e. The Morgan fingerprint density at radius 1 is 0.520 bits per heavy atom. The number of hydrogen-bond donors (Lipinski definition) is 0. The molecule has 0 amide bonds. The zero-order valence-electron chi connectivity index (χ0n) is 16.7. The van der Waals surface area contributed by atoms with Gasteiger partial charge in [-0.05, 0) is 77.6 Å². The van der Waals surface area contributed by atoms with Crippen molar-refractivity contribution in [1.29, 1.82) is 0 Å². The van der Waals surface area contributed by atoms with Crippen LogP contribution in [0.3, 0.4) is 0 Å². The third-order valence-electron chi connectivity index (χ3n) is 4.58. The summed E-state index contributed by atoms with van der Waals surface area (Å²) in [6.07, 6.45) is 10.3. The van der Waals surface area contributed by atoms with Crippen molar-refractivity contribution in [3.05, 3.63) is 69.8 Å². The molecule has 25 heavy (non-hydrogen) atoms. The maximum atomic E-state index is 3.68. The van der Waals surface area contributed by atoms with E-state index in [-0.39, 0.29) is 0 Å². The molecule has 0 heterocycles.